The molecule has 2 saturated carbocycles. The molecule has 6 heteroatoms. The molecule has 2 aliphatic carbocycles. The van der Waals surface area contributed by atoms with E-state index in [4.69, 9.17) is 11.4 Å². The third-order valence-electron chi connectivity index (χ3n) is 6.36. The van der Waals surface area contributed by atoms with Crippen molar-refractivity contribution in [1.29, 1.82) is 0 Å². The Hall–Kier alpha value is -2.13. The molecular weight excluding hydrogens is 364 g/mol. The van der Waals surface area contributed by atoms with Gasteiger partial charge in [-0.3, -0.25) is 4.79 Å². The van der Waals surface area contributed by atoms with Gasteiger partial charge in [-0.05, 0) is 57.3 Å². The van der Waals surface area contributed by atoms with E-state index in [0.717, 1.165) is 75.5 Å². The zero-order valence-electron chi connectivity index (χ0n) is 17.7. The molecule has 29 heavy (non-hydrogen) atoms. The van der Waals surface area contributed by atoms with Crippen LogP contribution in [0.2, 0.25) is 0 Å². The molecule has 3 rings (SSSR count). The number of aromatic nitrogens is 2. The summed E-state index contributed by atoms with van der Waals surface area (Å²) in [5.74, 6) is 4.10. The third kappa shape index (κ3) is 5.93. The van der Waals surface area contributed by atoms with Gasteiger partial charge in [0.05, 0.1) is 17.4 Å². The van der Waals surface area contributed by atoms with Gasteiger partial charge in [0.1, 0.15) is 0 Å². The number of carbonyl (C=O) groups excluding carboxylic acids is 1. The van der Waals surface area contributed by atoms with E-state index in [-0.39, 0.29) is 24.0 Å². The molecule has 158 valence electrons. The summed E-state index contributed by atoms with van der Waals surface area (Å²) in [6, 6.07) is 0.283. The van der Waals surface area contributed by atoms with E-state index < -0.39 is 0 Å². The monoisotopic (exact) mass is 398 g/mol. The van der Waals surface area contributed by atoms with Crippen LogP contribution in [0.3, 0.4) is 0 Å². The van der Waals surface area contributed by atoms with Gasteiger partial charge in [0, 0.05) is 32.3 Å². The van der Waals surface area contributed by atoms with Crippen LogP contribution in [-0.4, -0.2) is 52.1 Å². The average molecular weight is 399 g/mol. The molecule has 2 N–H and O–H groups in total. The van der Waals surface area contributed by atoms with E-state index >= 15 is 0 Å². The summed E-state index contributed by atoms with van der Waals surface area (Å²) in [5.41, 5.74) is 1.65. The smallest absolute Gasteiger partial charge is 0.225 e. The lowest BCUT2D eigenvalue weighted by molar-refractivity contribution is -0.133. The second-order valence-electron chi connectivity index (χ2n) is 8.87. The molecule has 6 nitrogen and oxygen atoms in total. The summed E-state index contributed by atoms with van der Waals surface area (Å²) < 4.78 is 0. The Kier molecular flexibility index (Phi) is 7.49. The van der Waals surface area contributed by atoms with Crippen LogP contribution >= 0.6 is 0 Å². The van der Waals surface area contributed by atoms with Gasteiger partial charge in [0.15, 0.2) is 0 Å². The zero-order valence-corrected chi connectivity index (χ0v) is 17.7. The fourth-order valence-corrected chi connectivity index (χ4v) is 4.69. The Balaban J connectivity index is 1.62. The molecule has 0 radical (unpaired) electrons. The quantitative estimate of drug-likeness (QED) is 0.589. The third-order valence-corrected chi connectivity index (χ3v) is 6.36. The first-order chi connectivity index (χ1) is 14.0. The number of terminal acetylenes is 1. The van der Waals surface area contributed by atoms with E-state index in [1.165, 1.54) is 0 Å². The molecule has 0 spiro atoms. The van der Waals surface area contributed by atoms with E-state index in [1.54, 1.807) is 11.1 Å². The number of aliphatic hydroxyl groups excluding tert-OH is 1. The molecule has 2 atom stereocenters. The minimum atomic E-state index is -0.212. The zero-order chi connectivity index (χ0) is 20.8. The van der Waals surface area contributed by atoms with Crippen LogP contribution in [0, 0.1) is 24.2 Å². The van der Waals surface area contributed by atoms with Gasteiger partial charge in [-0.25, -0.2) is 9.97 Å². The van der Waals surface area contributed by atoms with Crippen molar-refractivity contribution in [3.63, 3.8) is 0 Å². The minimum Gasteiger partial charge on any atom is -0.393 e. The van der Waals surface area contributed by atoms with Crippen LogP contribution in [0.5, 0.6) is 0 Å². The predicted molar refractivity (Wildman–Crippen MR) is 114 cm³/mol. The number of rotatable bonds is 5. The van der Waals surface area contributed by atoms with Gasteiger partial charge in [-0.2, -0.15) is 0 Å². The summed E-state index contributed by atoms with van der Waals surface area (Å²) in [5, 5.41) is 13.6. The maximum Gasteiger partial charge on any atom is 0.225 e. The second-order valence-corrected chi connectivity index (χ2v) is 8.87. The summed E-state index contributed by atoms with van der Waals surface area (Å²) >= 11 is 0. The van der Waals surface area contributed by atoms with Crippen molar-refractivity contribution in [2.24, 2.45) is 11.8 Å². The number of nitrogens with zero attached hydrogens (tertiary/aromatic N) is 3. The van der Waals surface area contributed by atoms with Crippen molar-refractivity contribution in [3.8, 4) is 12.3 Å². The number of hydrogen-bond donors (Lipinski definition) is 2. The molecule has 0 saturated heterocycles. The normalized spacial score (nSPS) is 27.5. The van der Waals surface area contributed by atoms with Crippen molar-refractivity contribution in [3.05, 3.63) is 17.5 Å². The van der Waals surface area contributed by atoms with Crippen LogP contribution < -0.4 is 5.32 Å². The fourth-order valence-electron chi connectivity index (χ4n) is 4.69. The van der Waals surface area contributed by atoms with Crippen molar-refractivity contribution < 1.29 is 9.90 Å². The molecular formula is C23H34N4O2. The Morgan fingerprint density at radius 1 is 1.24 bits per heavy atom. The first kappa shape index (κ1) is 21.6. The van der Waals surface area contributed by atoms with E-state index in [0.29, 0.717) is 11.9 Å². The van der Waals surface area contributed by atoms with E-state index in [2.05, 4.69) is 16.2 Å². The maximum absolute atomic E-state index is 12.2. The van der Waals surface area contributed by atoms with Crippen molar-refractivity contribution in [1.82, 2.24) is 14.9 Å². The summed E-state index contributed by atoms with van der Waals surface area (Å²) in [6.07, 6.45) is 16.7. The van der Waals surface area contributed by atoms with Crippen molar-refractivity contribution in [2.75, 3.05) is 19.4 Å². The highest BCUT2D eigenvalue weighted by molar-refractivity contribution is 5.78. The highest BCUT2D eigenvalue weighted by Gasteiger charge is 2.28. The largest absolute Gasteiger partial charge is 0.393 e. The van der Waals surface area contributed by atoms with Crippen molar-refractivity contribution in [2.45, 2.75) is 76.4 Å². The molecule has 2 aliphatic rings. The fraction of sp³-hybridized carbons (Fsp3) is 0.696. The molecule has 1 heterocycles. The molecule has 2 fully saturated rings. The molecule has 1 aromatic heterocycles. The SMILES string of the molecule is C#Cc1cnc(NC2CCC(C(=O)N(C)C)CC2)nc1C[C@@H]1CCCC[C@H](O)C1. The minimum absolute atomic E-state index is 0.130. The maximum atomic E-state index is 12.2. The second kappa shape index (κ2) is 10.1. The van der Waals surface area contributed by atoms with Gasteiger partial charge in [0.2, 0.25) is 11.9 Å². The summed E-state index contributed by atoms with van der Waals surface area (Å²) in [6.45, 7) is 0. The number of anilines is 1. The van der Waals surface area contributed by atoms with Gasteiger partial charge < -0.3 is 15.3 Å². The first-order valence-electron chi connectivity index (χ1n) is 10.9. The Morgan fingerprint density at radius 2 is 1.97 bits per heavy atom. The summed E-state index contributed by atoms with van der Waals surface area (Å²) in [4.78, 5) is 23.0. The van der Waals surface area contributed by atoms with E-state index in [9.17, 15) is 9.90 Å². The molecule has 0 aromatic carbocycles. The van der Waals surface area contributed by atoms with Crippen molar-refractivity contribution >= 4 is 11.9 Å². The van der Waals surface area contributed by atoms with Gasteiger partial charge in [0.25, 0.3) is 0 Å². The number of carbonyl (C=O) groups is 1. The van der Waals surface area contributed by atoms with Crippen LogP contribution in [-0.2, 0) is 11.2 Å². The van der Waals surface area contributed by atoms with Gasteiger partial charge in [-0.1, -0.05) is 18.8 Å². The molecule has 0 aliphatic heterocycles. The van der Waals surface area contributed by atoms with Crippen LogP contribution in [0.1, 0.15) is 69.0 Å². The van der Waals surface area contributed by atoms with Gasteiger partial charge in [-0.15, -0.1) is 6.42 Å². The lowest BCUT2D eigenvalue weighted by atomic mass is 9.85. The first-order valence-corrected chi connectivity index (χ1v) is 10.9. The Bertz CT molecular complexity index is 735. The molecule has 0 bridgehead atoms. The number of amides is 1. The predicted octanol–water partition coefficient (Wildman–Crippen LogP) is 3.00. The standard InChI is InChI=1S/C23H34N4O2/c1-4-17-15-24-23(25-19-11-9-18(10-12-19)22(29)27(2)3)26-21(17)14-16-7-5-6-8-20(28)13-16/h1,15-16,18-20,28H,5-14H2,2-3H3,(H,24,25,26)/t16-,18?,19?,20+/m1/s1. The number of nitrogens with one attached hydrogen (secondary N) is 1. The van der Waals surface area contributed by atoms with Crippen LogP contribution in [0.15, 0.2) is 6.20 Å². The molecule has 1 aromatic rings. The molecule has 1 amide bonds. The average Bonchev–Trinajstić information content (AvgIpc) is 2.92. The number of hydrogen-bond acceptors (Lipinski definition) is 5. The number of aliphatic hydroxyl groups is 1. The lowest BCUT2D eigenvalue weighted by Crippen LogP contribution is -2.35. The molecule has 0 unspecified atom stereocenters. The van der Waals surface area contributed by atoms with E-state index in [1.807, 2.05) is 14.1 Å². The van der Waals surface area contributed by atoms with Crippen LogP contribution in [0.4, 0.5) is 5.95 Å². The Morgan fingerprint density at radius 3 is 2.66 bits per heavy atom. The Labute approximate surface area is 174 Å². The van der Waals surface area contributed by atoms with Gasteiger partial charge >= 0.3 is 0 Å². The van der Waals surface area contributed by atoms with Crippen LogP contribution in [0.25, 0.3) is 0 Å². The highest BCUT2D eigenvalue weighted by Crippen LogP contribution is 2.29. The lowest BCUT2D eigenvalue weighted by Gasteiger charge is -2.30. The highest BCUT2D eigenvalue weighted by atomic mass is 16.3. The summed E-state index contributed by atoms with van der Waals surface area (Å²) in [7, 11) is 3.64. The topological polar surface area (TPSA) is 78.4 Å².